The molecule has 1 heterocycles. The summed E-state index contributed by atoms with van der Waals surface area (Å²) in [6.45, 7) is 2.02. The number of fused-ring (bicyclic) bond motifs is 1. The van der Waals surface area contributed by atoms with Crippen LogP contribution in [0.3, 0.4) is 0 Å². The summed E-state index contributed by atoms with van der Waals surface area (Å²) in [6.07, 6.45) is -0.660. The highest BCUT2D eigenvalue weighted by molar-refractivity contribution is 5.37. The third-order valence-corrected chi connectivity index (χ3v) is 2.24. The van der Waals surface area contributed by atoms with Crippen LogP contribution >= 0.6 is 0 Å². The number of alkyl halides is 1. The quantitative estimate of drug-likeness (QED) is 0.575. The standard InChI is InChI=1S/C10H11FO/c1-7-6-10(11)12-9-5-3-2-4-8(7)9/h2-5,7,10H,6H2,1H3. The molecule has 0 saturated carbocycles. The lowest BCUT2D eigenvalue weighted by Crippen LogP contribution is -2.19. The highest BCUT2D eigenvalue weighted by Gasteiger charge is 2.23. The summed E-state index contributed by atoms with van der Waals surface area (Å²) in [5.74, 6) is 0.966. The number of benzene rings is 1. The molecular weight excluding hydrogens is 155 g/mol. The Bertz CT molecular complexity index is 285. The van der Waals surface area contributed by atoms with Crippen molar-refractivity contribution in [3.8, 4) is 5.75 Å². The van der Waals surface area contributed by atoms with Crippen molar-refractivity contribution in [3.63, 3.8) is 0 Å². The van der Waals surface area contributed by atoms with Crippen LogP contribution in [0.4, 0.5) is 4.39 Å². The molecule has 1 aliphatic heterocycles. The predicted molar refractivity (Wildman–Crippen MR) is 45.0 cm³/mol. The number of para-hydroxylation sites is 1. The molecule has 0 radical (unpaired) electrons. The van der Waals surface area contributed by atoms with E-state index in [4.69, 9.17) is 4.74 Å². The van der Waals surface area contributed by atoms with Gasteiger partial charge in [0.05, 0.1) is 0 Å². The second-order valence-electron chi connectivity index (χ2n) is 3.20. The number of hydrogen-bond acceptors (Lipinski definition) is 1. The van der Waals surface area contributed by atoms with Crippen LogP contribution in [0.1, 0.15) is 24.8 Å². The second kappa shape index (κ2) is 2.77. The van der Waals surface area contributed by atoms with E-state index in [1.54, 1.807) is 0 Å². The van der Waals surface area contributed by atoms with Crippen molar-refractivity contribution >= 4 is 0 Å². The molecule has 0 fully saturated rings. The lowest BCUT2D eigenvalue weighted by Gasteiger charge is -2.25. The normalized spacial score (nSPS) is 27.5. The van der Waals surface area contributed by atoms with E-state index in [2.05, 4.69) is 0 Å². The number of ether oxygens (including phenoxy) is 1. The van der Waals surface area contributed by atoms with E-state index in [-0.39, 0.29) is 5.92 Å². The topological polar surface area (TPSA) is 9.23 Å². The van der Waals surface area contributed by atoms with Gasteiger partial charge >= 0.3 is 0 Å². The van der Waals surface area contributed by atoms with Crippen molar-refractivity contribution < 1.29 is 9.13 Å². The van der Waals surface area contributed by atoms with Gasteiger partial charge in [-0.2, -0.15) is 0 Å². The molecule has 12 heavy (non-hydrogen) atoms. The Morgan fingerprint density at radius 2 is 2.17 bits per heavy atom. The summed E-state index contributed by atoms with van der Waals surface area (Å²) in [5.41, 5.74) is 1.12. The fourth-order valence-electron chi connectivity index (χ4n) is 1.59. The average Bonchev–Trinajstić information content (AvgIpc) is 2.04. The molecule has 0 bridgehead atoms. The Morgan fingerprint density at radius 1 is 1.42 bits per heavy atom. The number of rotatable bonds is 0. The molecule has 2 heteroatoms. The molecule has 1 nitrogen and oxygen atoms in total. The van der Waals surface area contributed by atoms with Crippen LogP contribution in [-0.4, -0.2) is 6.36 Å². The molecule has 0 N–H and O–H groups in total. The molecule has 2 rings (SSSR count). The van der Waals surface area contributed by atoms with Gasteiger partial charge in [-0.1, -0.05) is 25.1 Å². The summed E-state index contributed by atoms with van der Waals surface area (Å²) >= 11 is 0. The fraction of sp³-hybridized carbons (Fsp3) is 0.400. The molecule has 2 atom stereocenters. The average molecular weight is 166 g/mol. The van der Waals surface area contributed by atoms with E-state index >= 15 is 0 Å². The Balaban J connectivity index is 2.40. The van der Waals surface area contributed by atoms with Crippen molar-refractivity contribution in [2.75, 3.05) is 0 Å². The first kappa shape index (κ1) is 7.59. The van der Waals surface area contributed by atoms with Crippen molar-refractivity contribution in [1.82, 2.24) is 0 Å². The van der Waals surface area contributed by atoms with Gasteiger partial charge in [-0.15, -0.1) is 0 Å². The molecule has 1 aliphatic rings. The lowest BCUT2D eigenvalue weighted by atomic mass is 9.95. The fourth-order valence-corrected chi connectivity index (χ4v) is 1.59. The highest BCUT2D eigenvalue weighted by atomic mass is 19.1. The zero-order chi connectivity index (χ0) is 8.55. The molecule has 0 spiro atoms. The Hall–Kier alpha value is -1.05. The van der Waals surface area contributed by atoms with Gasteiger partial charge in [0.25, 0.3) is 0 Å². The van der Waals surface area contributed by atoms with Gasteiger partial charge < -0.3 is 4.74 Å². The van der Waals surface area contributed by atoms with Crippen LogP contribution in [0.5, 0.6) is 5.75 Å². The van der Waals surface area contributed by atoms with Crippen molar-refractivity contribution in [2.45, 2.75) is 25.6 Å². The maximum absolute atomic E-state index is 12.9. The van der Waals surface area contributed by atoms with Gasteiger partial charge in [-0.3, -0.25) is 0 Å². The first-order valence-electron chi connectivity index (χ1n) is 4.17. The van der Waals surface area contributed by atoms with Crippen LogP contribution in [0.2, 0.25) is 0 Å². The van der Waals surface area contributed by atoms with Gasteiger partial charge in [-0.25, -0.2) is 4.39 Å². The van der Waals surface area contributed by atoms with Crippen LogP contribution in [0, 0.1) is 0 Å². The monoisotopic (exact) mass is 166 g/mol. The van der Waals surface area contributed by atoms with Gasteiger partial charge in [0.15, 0.2) is 0 Å². The Labute approximate surface area is 71.2 Å². The lowest BCUT2D eigenvalue weighted by molar-refractivity contribution is 0.0397. The SMILES string of the molecule is CC1CC(F)Oc2ccccc21. The Morgan fingerprint density at radius 3 is 3.00 bits per heavy atom. The number of hydrogen-bond donors (Lipinski definition) is 0. The maximum atomic E-state index is 12.9. The third kappa shape index (κ3) is 1.17. The minimum Gasteiger partial charge on any atom is -0.460 e. The van der Waals surface area contributed by atoms with Crippen molar-refractivity contribution in [1.29, 1.82) is 0 Å². The van der Waals surface area contributed by atoms with Gasteiger partial charge in [0, 0.05) is 6.42 Å². The Kier molecular flexibility index (Phi) is 1.75. The van der Waals surface area contributed by atoms with Crippen LogP contribution in [0.25, 0.3) is 0 Å². The molecule has 0 saturated heterocycles. The minimum atomic E-state index is -1.13. The molecule has 0 aromatic heterocycles. The summed E-state index contributed by atoms with van der Waals surface area (Å²) < 4.78 is 17.9. The molecular formula is C10H11FO. The van der Waals surface area contributed by atoms with E-state index < -0.39 is 6.36 Å². The molecule has 1 aromatic carbocycles. The van der Waals surface area contributed by atoms with Crippen molar-refractivity contribution in [2.24, 2.45) is 0 Å². The van der Waals surface area contributed by atoms with Crippen LogP contribution in [-0.2, 0) is 0 Å². The van der Waals surface area contributed by atoms with Crippen LogP contribution in [0.15, 0.2) is 24.3 Å². The molecule has 0 amide bonds. The van der Waals surface area contributed by atoms with E-state index in [9.17, 15) is 4.39 Å². The van der Waals surface area contributed by atoms with Gasteiger partial charge in [0.2, 0.25) is 6.36 Å². The third-order valence-electron chi connectivity index (χ3n) is 2.24. The zero-order valence-electron chi connectivity index (χ0n) is 6.96. The second-order valence-corrected chi connectivity index (χ2v) is 3.20. The summed E-state index contributed by atoms with van der Waals surface area (Å²) in [7, 11) is 0. The minimum absolute atomic E-state index is 0.268. The molecule has 0 aliphatic carbocycles. The first-order chi connectivity index (χ1) is 5.77. The van der Waals surface area contributed by atoms with E-state index in [0.29, 0.717) is 12.2 Å². The van der Waals surface area contributed by atoms with Crippen LogP contribution < -0.4 is 4.74 Å². The molecule has 64 valence electrons. The summed E-state index contributed by atoms with van der Waals surface area (Å²) in [4.78, 5) is 0. The summed E-state index contributed by atoms with van der Waals surface area (Å²) in [6, 6.07) is 7.63. The van der Waals surface area contributed by atoms with Gasteiger partial charge in [0.1, 0.15) is 5.75 Å². The number of halogens is 1. The van der Waals surface area contributed by atoms with Gasteiger partial charge in [-0.05, 0) is 17.5 Å². The van der Waals surface area contributed by atoms with Crippen molar-refractivity contribution in [3.05, 3.63) is 29.8 Å². The van der Waals surface area contributed by atoms with E-state index in [0.717, 1.165) is 5.56 Å². The molecule has 1 aromatic rings. The summed E-state index contributed by atoms with van der Waals surface area (Å²) in [5, 5.41) is 0. The first-order valence-corrected chi connectivity index (χ1v) is 4.17. The molecule has 2 unspecified atom stereocenters. The van der Waals surface area contributed by atoms with E-state index in [1.165, 1.54) is 0 Å². The zero-order valence-corrected chi connectivity index (χ0v) is 6.96. The largest absolute Gasteiger partial charge is 0.460 e. The maximum Gasteiger partial charge on any atom is 0.239 e. The predicted octanol–water partition coefficient (Wildman–Crippen LogP) is 2.87. The highest BCUT2D eigenvalue weighted by Crippen LogP contribution is 2.35. The van der Waals surface area contributed by atoms with E-state index in [1.807, 2.05) is 31.2 Å². The smallest absolute Gasteiger partial charge is 0.239 e.